The van der Waals surface area contributed by atoms with E-state index in [1.807, 2.05) is 50.2 Å². The predicted molar refractivity (Wildman–Crippen MR) is 83.5 cm³/mol. The molecule has 0 fully saturated rings. The minimum absolute atomic E-state index is 0.396. The van der Waals surface area contributed by atoms with Crippen LogP contribution < -0.4 is 9.47 Å². The molecule has 0 amide bonds. The van der Waals surface area contributed by atoms with Gasteiger partial charge in [-0.05, 0) is 49.8 Å². The molecule has 0 spiro atoms. The smallest absolute Gasteiger partial charge is 0.336 e. The Morgan fingerprint density at radius 3 is 2.24 bits per heavy atom. The second-order valence-corrected chi connectivity index (χ2v) is 4.57. The number of hydrogen-bond donors (Lipinski definition) is 0. The largest absolute Gasteiger partial charge is 0.494 e. The third kappa shape index (κ3) is 4.80. The second-order valence-electron chi connectivity index (χ2n) is 4.57. The first-order valence-corrected chi connectivity index (χ1v) is 6.87. The standard InChI is InChI=1S/C18H18O3/c1-3-20-16-11-6-15(7-12-16)8-13-18(19)21-17-9-4-14(2)5-10-17/h4-13H,3H2,1-2H3. The summed E-state index contributed by atoms with van der Waals surface area (Å²) in [7, 11) is 0. The first kappa shape index (κ1) is 14.9. The molecule has 0 aliphatic heterocycles. The molecule has 0 unspecified atom stereocenters. The van der Waals surface area contributed by atoms with Gasteiger partial charge in [-0.15, -0.1) is 0 Å². The lowest BCUT2D eigenvalue weighted by Crippen LogP contribution is -2.03. The van der Waals surface area contributed by atoms with Gasteiger partial charge in [-0.25, -0.2) is 4.79 Å². The van der Waals surface area contributed by atoms with Crippen molar-refractivity contribution in [3.05, 3.63) is 65.7 Å². The molecule has 2 rings (SSSR count). The molecule has 0 aliphatic rings. The van der Waals surface area contributed by atoms with Crippen molar-refractivity contribution in [3.63, 3.8) is 0 Å². The van der Waals surface area contributed by atoms with E-state index in [9.17, 15) is 4.79 Å². The maximum absolute atomic E-state index is 11.7. The zero-order valence-corrected chi connectivity index (χ0v) is 12.2. The number of carbonyl (C=O) groups is 1. The summed E-state index contributed by atoms with van der Waals surface area (Å²) in [6, 6.07) is 14.9. The van der Waals surface area contributed by atoms with Gasteiger partial charge in [0.25, 0.3) is 0 Å². The Kier molecular flexibility index (Phi) is 5.16. The molecule has 3 heteroatoms. The van der Waals surface area contributed by atoms with E-state index in [0.717, 1.165) is 16.9 Å². The third-order valence-electron chi connectivity index (χ3n) is 2.84. The zero-order chi connectivity index (χ0) is 15.1. The number of aryl methyl sites for hydroxylation is 1. The molecule has 0 atom stereocenters. The quantitative estimate of drug-likeness (QED) is 0.472. The Labute approximate surface area is 124 Å². The van der Waals surface area contributed by atoms with E-state index < -0.39 is 5.97 Å². The Bertz CT molecular complexity index is 610. The first-order valence-electron chi connectivity index (χ1n) is 6.87. The molecule has 2 aromatic rings. The molecule has 0 saturated heterocycles. The molecule has 2 aromatic carbocycles. The Hall–Kier alpha value is -2.55. The second kappa shape index (κ2) is 7.29. The number of hydrogen-bond acceptors (Lipinski definition) is 3. The van der Waals surface area contributed by atoms with E-state index >= 15 is 0 Å². The van der Waals surface area contributed by atoms with Crippen molar-refractivity contribution in [2.24, 2.45) is 0 Å². The summed E-state index contributed by atoms with van der Waals surface area (Å²) in [6.45, 7) is 4.56. The number of esters is 1. The highest BCUT2D eigenvalue weighted by Crippen LogP contribution is 2.14. The average Bonchev–Trinajstić information content (AvgIpc) is 2.49. The molecule has 0 bridgehead atoms. The molecule has 3 nitrogen and oxygen atoms in total. The molecular weight excluding hydrogens is 264 g/mol. The predicted octanol–water partition coefficient (Wildman–Crippen LogP) is 4.01. The van der Waals surface area contributed by atoms with Crippen LogP contribution in [0.2, 0.25) is 0 Å². The molecule has 0 aromatic heterocycles. The summed E-state index contributed by atoms with van der Waals surface area (Å²) >= 11 is 0. The summed E-state index contributed by atoms with van der Waals surface area (Å²) in [4.78, 5) is 11.7. The molecule has 0 radical (unpaired) electrons. The van der Waals surface area contributed by atoms with Gasteiger partial charge in [0, 0.05) is 6.08 Å². The van der Waals surface area contributed by atoms with Crippen molar-refractivity contribution in [1.29, 1.82) is 0 Å². The summed E-state index contributed by atoms with van der Waals surface area (Å²) in [5, 5.41) is 0. The van der Waals surface area contributed by atoms with Crippen LogP contribution in [0.15, 0.2) is 54.6 Å². The van der Waals surface area contributed by atoms with Gasteiger partial charge in [0.2, 0.25) is 0 Å². The van der Waals surface area contributed by atoms with Crippen LogP contribution in [0, 0.1) is 6.92 Å². The van der Waals surface area contributed by atoms with Crippen LogP contribution in [-0.4, -0.2) is 12.6 Å². The fraction of sp³-hybridized carbons (Fsp3) is 0.167. The molecule has 108 valence electrons. The van der Waals surface area contributed by atoms with Gasteiger partial charge in [0.05, 0.1) is 6.61 Å². The van der Waals surface area contributed by atoms with Crippen LogP contribution in [0.3, 0.4) is 0 Å². The number of rotatable bonds is 5. The number of ether oxygens (including phenoxy) is 2. The summed E-state index contributed by atoms with van der Waals surface area (Å²) in [5.41, 5.74) is 2.04. The van der Waals surface area contributed by atoms with Gasteiger partial charge in [-0.1, -0.05) is 29.8 Å². The van der Waals surface area contributed by atoms with E-state index in [-0.39, 0.29) is 0 Å². The molecule has 21 heavy (non-hydrogen) atoms. The molecule has 0 heterocycles. The van der Waals surface area contributed by atoms with Gasteiger partial charge in [0.1, 0.15) is 11.5 Å². The van der Waals surface area contributed by atoms with Crippen LogP contribution >= 0.6 is 0 Å². The average molecular weight is 282 g/mol. The number of carbonyl (C=O) groups excluding carboxylic acids is 1. The molecule has 0 saturated carbocycles. The monoisotopic (exact) mass is 282 g/mol. The first-order chi connectivity index (χ1) is 10.2. The van der Waals surface area contributed by atoms with E-state index in [1.165, 1.54) is 6.08 Å². The van der Waals surface area contributed by atoms with Gasteiger partial charge in [-0.2, -0.15) is 0 Å². The molecule has 0 N–H and O–H groups in total. The van der Waals surface area contributed by atoms with E-state index in [0.29, 0.717) is 12.4 Å². The summed E-state index contributed by atoms with van der Waals surface area (Å²) in [6.07, 6.45) is 3.13. The van der Waals surface area contributed by atoms with Crippen molar-refractivity contribution < 1.29 is 14.3 Å². The Morgan fingerprint density at radius 2 is 1.62 bits per heavy atom. The van der Waals surface area contributed by atoms with Crippen LogP contribution in [0.4, 0.5) is 0 Å². The van der Waals surface area contributed by atoms with Crippen LogP contribution in [0.1, 0.15) is 18.1 Å². The van der Waals surface area contributed by atoms with Crippen molar-refractivity contribution in [2.75, 3.05) is 6.61 Å². The molecule has 0 aliphatic carbocycles. The Morgan fingerprint density at radius 1 is 1.00 bits per heavy atom. The third-order valence-corrected chi connectivity index (χ3v) is 2.84. The van der Waals surface area contributed by atoms with Crippen LogP contribution in [0.5, 0.6) is 11.5 Å². The van der Waals surface area contributed by atoms with Crippen molar-refractivity contribution in [2.45, 2.75) is 13.8 Å². The van der Waals surface area contributed by atoms with Crippen molar-refractivity contribution >= 4 is 12.0 Å². The van der Waals surface area contributed by atoms with Gasteiger partial charge in [-0.3, -0.25) is 0 Å². The van der Waals surface area contributed by atoms with Crippen LogP contribution in [-0.2, 0) is 4.79 Å². The summed E-state index contributed by atoms with van der Waals surface area (Å²) in [5.74, 6) is 0.964. The van der Waals surface area contributed by atoms with E-state index in [4.69, 9.17) is 9.47 Å². The number of benzene rings is 2. The van der Waals surface area contributed by atoms with Gasteiger partial charge < -0.3 is 9.47 Å². The van der Waals surface area contributed by atoms with Crippen LogP contribution in [0.25, 0.3) is 6.08 Å². The lowest BCUT2D eigenvalue weighted by molar-refractivity contribution is -0.128. The highest BCUT2D eigenvalue weighted by Gasteiger charge is 2.00. The van der Waals surface area contributed by atoms with Crippen molar-refractivity contribution in [3.8, 4) is 11.5 Å². The minimum Gasteiger partial charge on any atom is -0.494 e. The summed E-state index contributed by atoms with van der Waals surface area (Å²) < 4.78 is 10.6. The van der Waals surface area contributed by atoms with E-state index in [2.05, 4.69) is 0 Å². The lowest BCUT2D eigenvalue weighted by Gasteiger charge is -2.03. The highest BCUT2D eigenvalue weighted by molar-refractivity contribution is 5.88. The normalized spacial score (nSPS) is 10.6. The fourth-order valence-corrected chi connectivity index (χ4v) is 1.76. The zero-order valence-electron chi connectivity index (χ0n) is 12.2. The fourth-order valence-electron chi connectivity index (χ4n) is 1.76. The topological polar surface area (TPSA) is 35.5 Å². The lowest BCUT2D eigenvalue weighted by atomic mass is 10.2. The van der Waals surface area contributed by atoms with E-state index in [1.54, 1.807) is 18.2 Å². The van der Waals surface area contributed by atoms with Gasteiger partial charge >= 0.3 is 5.97 Å². The van der Waals surface area contributed by atoms with Crippen molar-refractivity contribution in [1.82, 2.24) is 0 Å². The minimum atomic E-state index is -0.396. The van der Waals surface area contributed by atoms with Gasteiger partial charge in [0.15, 0.2) is 0 Å². The maximum Gasteiger partial charge on any atom is 0.336 e. The molecular formula is C18H18O3. The maximum atomic E-state index is 11.7. The highest BCUT2D eigenvalue weighted by atomic mass is 16.5. The SMILES string of the molecule is CCOc1ccc(C=CC(=O)Oc2ccc(C)cc2)cc1. The Balaban J connectivity index is 1.93.